The number of hydrogen-bond donors (Lipinski definition) is 0. The largest absolute Gasteiger partial charge is 0.496 e. The van der Waals surface area contributed by atoms with Gasteiger partial charge in [-0.25, -0.2) is 0 Å². The second-order valence-corrected chi connectivity index (χ2v) is 2.50. The van der Waals surface area contributed by atoms with E-state index in [4.69, 9.17) is 4.74 Å². The van der Waals surface area contributed by atoms with E-state index in [2.05, 4.69) is 0 Å². The predicted molar refractivity (Wildman–Crippen MR) is 47.1 cm³/mol. The normalized spacial score (nSPS) is 9.50. The maximum absolute atomic E-state index is 10.8. The van der Waals surface area contributed by atoms with Crippen molar-refractivity contribution in [1.29, 1.82) is 0 Å². The number of hydrogen-bond acceptors (Lipinski definition) is 2. The molecular weight excluding hydrogens is 152 g/mol. The van der Waals surface area contributed by atoms with Gasteiger partial charge in [0, 0.05) is 5.56 Å². The van der Waals surface area contributed by atoms with E-state index in [-0.39, 0.29) is 5.78 Å². The summed E-state index contributed by atoms with van der Waals surface area (Å²) in [5.41, 5.74) is 0.826. The second kappa shape index (κ2) is 3.90. The van der Waals surface area contributed by atoms with Crippen LogP contribution in [0.5, 0.6) is 5.75 Å². The molecule has 0 atom stereocenters. The average molecular weight is 163 g/mol. The van der Waals surface area contributed by atoms with Crippen LogP contribution in [-0.4, -0.2) is 12.9 Å². The number of ether oxygens (including phenoxy) is 1. The molecule has 0 fully saturated rings. The highest BCUT2D eigenvalue weighted by Gasteiger charge is 2.03. The van der Waals surface area contributed by atoms with Crippen molar-refractivity contribution in [2.75, 3.05) is 7.11 Å². The summed E-state index contributed by atoms with van der Waals surface area (Å²) in [6.45, 7) is 1.52. The van der Waals surface area contributed by atoms with Crippen molar-refractivity contribution in [3.8, 4) is 5.75 Å². The van der Waals surface area contributed by atoms with Gasteiger partial charge in [-0.2, -0.15) is 0 Å². The summed E-state index contributed by atoms with van der Waals surface area (Å²) in [6.07, 6.45) is 1.55. The van der Waals surface area contributed by atoms with Gasteiger partial charge in [-0.3, -0.25) is 4.79 Å². The van der Waals surface area contributed by atoms with E-state index in [9.17, 15) is 4.79 Å². The van der Waals surface area contributed by atoms with Crippen molar-refractivity contribution in [3.05, 3.63) is 36.2 Å². The maximum Gasteiger partial charge on any atom is 0.138 e. The molecule has 12 heavy (non-hydrogen) atoms. The fraction of sp³-hybridized carbons (Fsp3) is 0.200. The molecule has 0 heterocycles. The molecule has 2 heteroatoms. The van der Waals surface area contributed by atoms with Crippen LogP contribution >= 0.6 is 0 Å². The molecule has 1 radical (unpaired) electrons. The Morgan fingerprint density at radius 3 is 2.67 bits per heavy atom. The fourth-order valence-electron chi connectivity index (χ4n) is 1.00. The molecule has 1 rings (SSSR count). The summed E-state index contributed by atoms with van der Waals surface area (Å²) in [6, 6.07) is 7.42. The average Bonchev–Trinajstić information content (AvgIpc) is 2.04. The van der Waals surface area contributed by atoms with Gasteiger partial charge in [0.15, 0.2) is 0 Å². The highest BCUT2D eigenvalue weighted by Crippen LogP contribution is 2.18. The van der Waals surface area contributed by atoms with Gasteiger partial charge in [0.2, 0.25) is 0 Å². The highest BCUT2D eigenvalue weighted by atomic mass is 16.5. The van der Waals surface area contributed by atoms with Crippen LogP contribution in [0.25, 0.3) is 0 Å². The minimum absolute atomic E-state index is 0.0273. The van der Waals surface area contributed by atoms with E-state index in [0.29, 0.717) is 0 Å². The fourth-order valence-corrected chi connectivity index (χ4v) is 1.00. The molecule has 0 spiro atoms. The Bertz CT molecular complexity index is 279. The molecule has 0 aliphatic heterocycles. The number of benzene rings is 1. The van der Waals surface area contributed by atoms with Crippen LogP contribution < -0.4 is 4.74 Å². The zero-order valence-electron chi connectivity index (χ0n) is 7.20. The first-order chi connectivity index (χ1) is 5.74. The molecule has 0 aliphatic carbocycles. The Morgan fingerprint density at radius 1 is 1.42 bits per heavy atom. The van der Waals surface area contributed by atoms with Crippen molar-refractivity contribution in [1.82, 2.24) is 0 Å². The molecule has 0 aliphatic rings. The third-order valence-corrected chi connectivity index (χ3v) is 1.50. The van der Waals surface area contributed by atoms with E-state index in [0.717, 1.165) is 11.3 Å². The monoisotopic (exact) mass is 163 g/mol. The van der Waals surface area contributed by atoms with E-state index >= 15 is 0 Å². The van der Waals surface area contributed by atoms with Gasteiger partial charge in [0.1, 0.15) is 11.5 Å². The Hall–Kier alpha value is -1.31. The zero-order chi connectivity index (χ0) is 8.97. The molecule has 0 saturated carbocycles. The Kier molecular flexibility index (Phi) is 2.86. The molecule has 63 valence electrons. The summed E-state index contributed by atoms with van der Waals surface area (Å²) in [7, 11) is 1.59. The SMILES string of the molecule is COc1ccccc1[CH]C(C)=O. The molecule has 0 aromatic heterocycles. The predicted octanol–water partition coefficient (Wildman–Crippen LogP) is 1.84. The standard InChI is InChI=1S/C10H11O2/c1-8(11)7-9-5-3-4-6-10(9)12-2/h3-7H,1-2H3. The number of methoxy groups -OCH3 is 1. The van der Waals surface area contributed by atoms with Crippen LogP contribution in [0, 0.1) is 6.42 Å². The van der Waals surface area contributed by atoms with Gasteiger partial charge in [-0.15, -0.1) is 0 Å². The number of carbonyl (C=O) groups is 1. The van der Waals surface area contributed by atoms with E-state index in [1.165, 1.54) is 6.92 Å². The molecule has 0 amide bonds. The van der Waals surface area contributed by atoms with Crippen molar-refractivity contribution < 1.29 is 9.53 Å². The van der Waals surface area contributed by atoms with Crippen LogP contribution in [0.2, 0.25) is 0 Å². The van der Waals surface area contributed by atoms with Crippen molar-refractivity contribution >= 4 is 5.78 Å². The Labute approximate surface area is 72.2 Å². The summed E-state index contributed by atoms with van der Waals surface area (Å²) < 4.78 is 5.06. The van der Waals surface area contributed by atoms with E-state index in [1.54, 1.807) is 13.5 Å². The molecule has 0 saturated heterocycles. The molecule has 0 bridgehead atoms. The van der Waals surface area contributed by atoms with Crippen molar-refractivity contribution in [2.24, 2.45) is 0 Å². The smallest absolute Gasteiger partial charge is 0.138 e. The van der Waals surface area contributed by atoms with Crippen LogP contribution in [-0.2, 0) is 4.79 Å². The van der Waals surface area contributed by atoms with E-state index in [1.807, 2.05) is 24.3 Å². The van der Waals surface area contributed by atoms with Gasteiger partial charge < -0.3 is 4.74 Å². The van der Waals surface area contributed by atoms with Gasteiger partial charge >= 0.3 is 0 Å². The number of rotatable bonds is 3. The first-order valence-electron chi connectivity index (χ1n) is 3.72. The van der Waals surface area contributed by atoms with E-state index < -0.39 is 0 Å². The summed E-state index contributed by atoms with van der Waals surface area (Å²) in [5, 5.41) is 0. The third kappa shape index (κ3) is 2.09. The number of para-hydroxylation sites is 1. The van der Waals surface area contributed by atoms with Crippen molar-refractivity contribution in [2.45, 2.75) is 6.92 Å². The van der Waals surface area contributed by atoms with Gasteiger partial charge in [0.05, 0.1) is 13.5 Å². The molecule has 1 aromatic rings. The lowest BCUT2D eigenvalue weighted by Gasteiger charge is -2.04. The second-order valence-electron chi connectivity index (χ2n) is 2.50. The Morgan fingerprint density at radius 2 is 2.08 bits per heavy atom. The number of Topliss-reactive ketones (excluding diaryl/α,β-unsaturated/α-hetero) is 1. The number of carbonyl (C=O) groups excluding carboxylic acids is 1. The molecule has 0 N–H and O–H groups in total. The lowest BCUT2D eigenvalue weighted by atomic mass is 10.1. The molecule has 2 nitrogen and oxygen atoms in total. The lowest BCUT2D eigenvalue weighted by molar-refractivity contribution is -0.113. The first-order valence-corrected chi connectivity index (χ1v) is 3.72. The quantitative estimate of drug-likeness (QED) is 0.679. The first kappa shape index (κ1) is 8.78. The van der Waals surface area contributed by atoms with Gasteiger partial charge in [0.25, 0.3) is 0 Å². The van der Waals surface area contributed by atoms with Crippen LogP contribution in [0.15, 0.2) is 24.3 Å². The third-order valence-electron chi connectivity index (χ3n) is 1.50. The summed E-state index contributed by atoms with van der Waals surface area (Å²) in [5.74, 6) is 0.757. The topological polar surface area (TPSA) is 26.3 Å². The summed E-state index contributed by atoms with van der Waals surface area (Å²) >= 11 is 0. The van der Waals surface area contributed by atoms with Gasteiger partial charge in [-0.05, 0) is 13.0 Å². The lowest BCUT2D eigenvalue weighted by Crippen LogP contribution is -1.96. The van der Waals surface area contributed by atoms with Crippen molar-refractivity contribution in [3.63, 3.8) is 0 Å². The minimum Gasteiger partial charge on any atom is -0.496 e. The molecule has 1 aromatic carbocycles. The maximum atomic E-state index is 10.8. The number of ketones is 1. The highest BCUT2D eigenvalue weighted by molar-refractivity contribution is 5.88. The molecular formula is C10H11O2. The Balaban J connectivity index is 2.89. The summed E-state index contributed by atoms with van der Waals surface area (Å²) in [4.78, 5) is 10.8. The molecule has 0 unspecified atom stereocenters. The van der Waals surface area contributed by atoms with Crippen LogP contribution in [0.3, 0.4) is 0 Å². The van der Waals surface area contributed by atoms with Gasteiger partial charge in [-0.1, -0.05) is 18.2 Å². The van der Waals surface area contributed by atoms with Crippen LogP contribution in [0.4, 0.5) is 0 Å². The minimum atomic E-state index is 0.0273. The zero-order valence-corrected chi connectivity index (χ0v) is 7.20. The van der Waals surface area contributed by atoms with Crippen LogP contribution in [0.1, 0.15) is 12.5 Å².